The fraction of sp³-hybridized carbons (Fsp3) is 0.600. The second-order valence-corrected chi connectivity index (χ2v) is 40.7. The maximum absolute atomic E-state index is 12.9. The molecule has 2 aromatic heterocycles. The van der Waals surface area contributed by atoms with Crippen LogP contribution in [0.25, 0.3) is 0 Å². The standard InChI is InChI=1S/C12H21N2O8PS2.C11H22N5O10PS2.C6H5Cl2O2P.C6H17N2O8PS2.C5H7N3O3.C3H9NO3S.C2H6O.ClH/c1-24(16,17)20-10-8-13-23(15,14-9-11-21-25(2,18)19)22-12-6-4-3-5-7-12;1-15-10(8-12-11(15)16(17)18)9-24-27(19,13-4-6-25-28(2,20)21)14-5-7-26-29(3,22)23;7-11(8,9)10-6-4-2-1-3-5-6;1-18(11,12)15-5-3-7-17(9,10)8-4-6-16-19(2,13)14;1-7-4(3-9)2-6-5(7)8(10)11;1-8(5,6)7-3-2-4;1-2-3;/h3-7H,8-11H2,1-2H3,(H2,13,14,15);8H,4-7,9H2,1-3H3,(H2,13,14,19);1-5H;3-6H2,1-2H3,(H3,7,8,9,10);2,9H,3H2,1H3;2-4H2,1H3;3H,2H2,1H3;1H. The second-order valence-electron chi connectivity index (χ2n) is 19.3. The van der Waals surface area contributed by atoms with Gasteiger partial charge in [-0.1, -0.05) is 46.4 Å². The summed E-state index contributed by atoms with van der Waals surface area (Å²) in [7, 11) is -33.6. The van der Waals surface area contributed by atoms with E-state index in [1.54, 1.807) is 67.6 Å². The van der Waals surface area contributed by atoms with Gasteiger partial charge in [0.05, 0.1) is 104 Å². The number of aromatic nitrogens is 4. The Hall–Kier alpha value is -4.02. The van der Waals surface area contributed by atoms with Crippen molar-refractivity contribution in [2.45, 2.75) is 20.1 Å². The number of nitrogens with one attached hydrogen (secondary N) is 6. The molecule has 0 saturated heterocycles. The molecule has 2 aromatic carbocycles. The number of rotatable bonds is 43. The molecule has 0 fully saturated rings. The lowest BCUT2D eigenvalue weighted by Gasteiger charge is -2.21. The third-order valence-electron chi connectivity index (χ3n) is 9.68. The zero-order chi connectivity index (χ0) is 82.5. The number of halogens is 3. The summed E-state index contributed by atoms with van der Waals surface area (Å²) in [6, 6.07) is 16.8. The Balaban J connectivity index is -0.000000618. The number of aliphatic hydroxyl groups is 2. The van der Waals surface area contributed by atoms with Gasteiger partial charge >= 0.3 is 41.0 Å². The predicted molar refractivity (Wildman–Crippen MR) is 392 cm³/mol. The van der Waals surface area contributed by atoms with Gasteiger partial charge in [-0.25, -0.2) is 48.8 Å². The van der Waals surface area contributed by atoms with Gasteiger partial charge in [-0.2, -0.15) is 58.9 Å². The summed E-state index contributed by atoms with van der Waals surface area (Å²) in [6.45, 7) is -1.07. The van der Waals surface area contributed by atoms with Gasteiger partial charge in [0.2, 0.25) is 0 Å². The molecule has 4 rings (SSSR count). The van der Waals surface area contributed by atoms with Crippen molar-refractivity contribution in [2.75, 3.05) is 142 Å². The van der Waals surface area contributed by atoms with Gasteiger partial charge in [0, 0.05) is 74.9 Å². The SMILES string of the molecule is CCO.CS(=O)(=O)OCCN.CS(=O)(=O)OCCNP(=O)(NCCOS(C)(=O)=O)Oc1ccccc1.CS(=O)(=O)OCCNP(=O)(O)NCCOS(C)(=O)=O.Cl.Cn1c(CO)cnc1[N+](=O)[O-].Cn1c(COP(=O)(NCCOS(C)(=O)=O)NCCOS(C)(=O)=O)cnc1[N+](=O)[O-].O=P(Cl)(Cl)Oc1ccccc1. The van der Waals surface area contributed by atoms with Gasteiger partial charge in [0.15, 0.2) is 0 Å². The fourth-order valence-electron chi connectivity index (χ4n) is 5.73. The monoisotopic (exact) mass is 1820 g/mol. The quantitative estimate of drug-likeness (QED) is 0.00944. The van der Waals surface area contributed by atoms with Crippen molar-refractivity contribution in [2.24, 2.45) is 19.8 Å². The molecule has 0 aliphatic rings. The van der Waals surface area contributed by atoms with Crippen molar-refractivity contribution in [3.63, 3.8) is 0 Å². The predicted octanol–water partition coefficient (Wildman–Crippen LogP) is 0.421. The molecule has 0 unspecified atom stereocenters. The molecular formula is C45H88Cl3N13O35P4S7. The summed E-state index contributed by atoms with van der Waals surface area (Å²) in [4.78, 5) is 36.1. The average molecular weight is 1830 g/mol. The van der Waals surface area contributed by atoms with Crippen molar-refractivity contribution in [1.82, 2.24) is 49.6 Å². The smallest absolute Gasteiger partial charge is 0.422 e. The van der Waals surface area contributed by atoms with Crippen LogP contribution in [-0.2, 0) is 150 Å². The van der Waals surface area contributed by atoms with Crippen LogP contribution in [0.2, 0.25) is 0 Å². The van der Waals surface area contributed by atoms with Crippen LogP contribution in [0.1, 0.15) is 18.3 Å². The Labute approximate surface area is 635 Å². The van der Waals surface area contributed by atoms with E-state index in [9.17, 15) is 102 Å². The molecule has 48 nitrogen and oxygen atoms in total. The Bertz CT molecular complexity index is 4170. The van der Waals surface area contributed by atoms with Crippen LogP contribution >= 0.6 is 64.0 Å². The van der Waals surface area contributed by atoms with Gasteiger partial charge < -0.3 is 50.1 Å². The summed E-state index contributed by atoms with van der Waals surface area (Å²) in [5.74, 6) is 0.0104. The van der Waals surface area contributed by atoms with Crippen LogP contribution < -0.4 is 45.3 Å². The molecule has 0 aliphatic heterocycles. The minimum absolute atomic E-state index is 0. The van der Waals surface area contributed by atoms with Crippen molar-refractivity contribution >= 4 is 147 Å². The second kappa shape index (κ2) is 53.8. The molecule has 2 heterocycles. The Kier molecular flexibility index (Phi) is 55.0. The first kappa shape index (κ1) is 109. The third-order valence-corrected chi connectivity index (χ3v) is 19.5. The summed E-state index contributed by atoms with van der Waals surface area (Å²) >= 11 is 10.3. The van der Waals surface area contributed by atoms with Gasteiger partial charge in [0.1, 0.15) is 48.5 Å². The molecule has 0 atom stereocenters. The molecule has 62 heteroatoms. The molecule has 4 aromatic rings. The van der Waals surface area contributed by atoms with Crippen LogP contribution in [0.15, 0.2) is 73.1 Å². The van der Waals surface area contributed by atoms with E-state index in [4.69, 9.17) is 47.5 Å². The number of nitrogens with two attached hydrogens (primary N) is 1. The third kappa shape index (κ3) is 67.4. The van der Waals surface area contributed by atoms with Gasteiger partial charge in [-0.15, -0.1) is 12.4 Å². The molecule has 0 saturated carbocycles. The maximum atomic E-state index is 12.9. The fourth-order valence-corrected chi connectivity index (χ4v) is 13.0. The molecule has 0 spiro atoms. The van der Waals surface area contributed by atoms with Crippen LogP contribution in [0.5, 0.6) is 11.5 Å². The van der Waals surface area contributed by atoms with Crippen molar-refractivity contribution in [3.8, 4) is 11.5 Å². The molecule has 0 amide bonds. The molecule has 11 N–H and O–H groups in total. The van der Waals surface area contributed by atoms with E-state index in [1.807, 2.05) is 0 Å². The highest BCUT2D eigenvalue weighted by molar-refractivity contribution is 8.05. The normalized spacial score (nSPS) is 12.1. The number of nitrogens with zero attached hydrogens (tertiary/aromatic N) is 6. The van der Waals surface area contributed by atoms with E-state index < -0.39 is 116 Å². The average Bonchev–Trinajstić information content (AvgIpc) is 1.78. The number of para-hydroxylation sites is 2. The van der Waals surface area contributed by atoms with Crippen LogP contribution in [0.3, 0.4) is 0 Å². The van der Waals surface area contributed by atoms with E-state index >= 15 is 0 Å². The minimum Gasteiger partial charge on any atom is -0.422 e. The van der Waals surface area contributed by atoms with Crippen LogP contribution in [0.4, 0.5) is 11.9 Å². The highest BCUT2D eigenvalue weighted by atomic mass is 35.9. The Morgan fingerprint density at radius 3 is 0.981 bits per heavy atom. The van der Waals surface area contributed by atoms with Gasteiger partial charge in [-0.05, 0) is 41.0 Å². The van der Waals surface area contributed by atoms with Gasteiger partial charge in [-0.3, -0.25) is 42.9 Å². The topological polar surface area (TPSA) is 680 Å². The van der Waals surface area contributed by atoms with E-state index in [0.717, 1.165) is 48.4 Å². The summed E-state index contributed by atoms with van der Waals surface area (Å²) in [5, 5.41) is 51.5. The number of aliphatic hydroxyl groups excluding tert-OH is 2. The first-order valence-electron chi connectivity index (χ1n) is 28.6. The largest absolute Gasteiger partial charge is 0.434 e. The van der Waals surface area contributed by atoms with E-state index in [2.05, 4.69) is 74.3 Å². The van der Waals surface area contributed by atoms with E-state index in [-0.39, 0.29) is 136 Å². The highest BCUT2D eigenvalue weighted by Crippen LogP contribution is 2.57. The summed E-state index contributed by atoms with van der Waals surface area (Å²) < 4.78 is 247. The van der Waals surface area contributed by atoms with Crippen molar-refractivity contribution in [1.29, 1.82) is 0 Å². The molecule has 0 radical (unpaired) electrons. The molecule has 0 aliphatic carbocycles. The van der Waals surface area contributed by atoms with E-state index in [1.165, 1.54) is 31.1 Å². The number of hydrogen-bond donors (Lipinski definition) is 10. The first-order chi connectivity index (χ1) is 48.3. The number of nitro groups is 2. The molecule has 107 heavy (non-hydrogen) atoms. The lowest BCUT2D eigenvalue weighted by molar-refractivity contribution is -0.396. The lowest BCUT2D eigenvalue weighted by atomic mass is 10.3. The van der Waals surface area contributed by atoms with Crippen LogP contribution in [-0.4, -0.2) is 245 Å². The van der Waals surface area contributed by atoms with Crippen LogP contribution in [0, 0.1) is 20.2 Å². The number of hydrogen-bond acceptors (Lipinski definition) is 37. The minimum atomic E-state index is -3.91. The first-order valence-corrected chi connectivity index (χ1v) is 49.7. The lowest BCUT2D eigenvalue weighted by Crippen LogP contribution is -2.31. The number of benzene rings is 2. The Morgan fingerprint density at radius 1 is 0.477 bits per heavy atom. The zero-order valence-corrected chi connectivity index (χ0v) is 70.0. The maximum Gasteiger partial charge on any atom is 0.434 e. The molecule has 626 valence electrons. The zero-order valence-electron chi connectivity index (χ0n) is 58.4. The number of imidazole rings is 2. The van der Waals surface area contributed by atoms with Crippen molar-refractivity contribution in [3.05, 3.63) is 105 Å². The highest BCUT2D eigenvalue weighted by Gasteiger charge is 2.28. The van der Waals surface area contributed by atoms with E-state index in [0.29, 0.717) is 17.2 Å². The Morgan fingerprint density at radius 2 is 0.738 bits per heavy atom. The summed E-state index contributed by atoms with van der Waals surface area (Å²) in [5.41, 5.74) is 5.61. The molecule has 0 bridgehead atoms. The molecular weight excluding hydrogens is 1740 g/mol. The van der Waals surface area contributed by atoms with Gasteiger partial charge in [0.25, 0.3) is 70.8 Å². The van der Waals surface area contributed by atoms with Crippen molar-refractivity contribution < 1.29 is 145 Å². The summed E-state index contributed by atoms with van der Waals surface area (Å²) in [6.07, 6.45) is 5.18.